The van der Waals surface area contributed by atoms with Gasteiger partial charge in [0.2, 0.25) is 10.0 Å². The van der Waals surface area contributed by atoms with Crippen molar-refractivity contribution in [2.24, 2.45) is 5.92 Å². The smallest absolute Gasteiger partial charge is 0.269 e. The van der Waals surface area contributed by atoms with Gasteiger partial charge in [0.1, 0.15) is 16.8 Å². The topological polar surface area (TPSA) is 151 Å². The number of hydrazine groups is 1. The summed E-state index contributed by atoms with van der Waals surface area (Å²) >= 11 is 5.81. The van der Waals surface area contributed by atoms with Gasteiger partial charge in [-0.1, -0.05) is 43.6 Å². The van der Waals surface area contributed by atoms with Crippen molar-refractivity contribution in [2.45, 2.75) is 29.7 Å². The third-order valence-electron chi connectivity index (χ3n) is 5.16. The quantitative estimate of drug-likeness (QED) is 0.285. The van der Waals surface area contributed by atoms with Crippen LogP contribution in [0.25, 0.3) is 0 Å². The SMILES string of the molecule is CC(C)[C@@H](NS(=O)(=O)c1ccccc1F)C(=O)NNC(=O)c1cccc(S(=O)(=O)Nc2ccc(Cl)cc2)c1. The third-order valence-corrected chi connectivity index (χ3v) is 8.26. The summed E-state index contributed by atoms with van der Waals surface area (Å²) < 4.78 is 69.2. The van der Waals surface area contributed by atoms with E-state index >= 15 is 0 Å². The first-order chi connectivity index (χ1) is 17.8. The molecule has 0 bridgehead atoms. The molecule has 3 aromatic carbocycles. The predicted octanol–water partition coefficient (Wildman–Crippen LogP) is 3.04. The highest BCUT2D eigenvalue weighted by Crippen LogP contribution is 2.19. The Labute approximate surface area is 224 Å². The van der Waals surface area contributed by atoms with Crippen LogP contribution in [0.5, 0.6) is 0 Å². The lowest BCUT2D eigenvalue weighted by Gasteiger charge is -2.22. The molecule has 0 fully saturated rings. The van der Waals surface area contributed by atoms with E-state index in [1.807, 2.05) is 0 Å². The largest absolute Gasteiger partial charge is 0.280 e. The average molecular weight is 583 g/mol. The molecule has 0 aromatic heterocycles. The van der Waals surface area contributed by atoms with Gasteiger partial charge < -0.3 is 0 Å². The number of halogens is 2. The van der Waals surface area contributed by atoms with E-state index in [9.17, 15) is 30.8 Å². The molecule has 0 aliphatic heterocycles. The lowest BCUT2D eigenvalue weighted by molar-refractivity contribution is -0.124. The number of nitrogens with one attached hydrogen (secondary N) is 4. The molecule has 0 radical (unpaired) electrons. The molecular formula is C24H24ClFN4O6S2. The molecule has 0 unspecified atom stereocenters. The maximum Gasteiger partial charge on any atom is 0.269 e. The summed E-state index contributed by atoms with van der Waals surface area (Å²) in [6.45, 7) is 3.11. The lowest BCUT2D eigenvalue weighted by Crippen LogP contribution is -2.54. The van der Waals surface area contributed by atoms with E-state index in [4.69, 9.17) is 11.6 Å². The number of anilines is 1. The van der Waals surface area contributed by atoms with Gasteiger partial charge in [0, 0.05) is 16.3 Å². The Balaban J connectivity index is 1.70. The summed E-state index contributed by atoms with van der Waals surface area (Å²) in [6, 6.07) is 14.3. The fourth-order valence-corrected chi connectivity index (χ4v) is 5.84. The predicted molar refractivity (Wildman–Crippen MR) is 140 cm³/mol. The standard InChI is InChI=1S/C24H24ClFN4O6S2/c1-15(2)22(30-38(35,36)21-9-4-3-8-20(21)26)24(32)28-27-23(31)16-6-5-7-19(14-16)37(33,34)29-18-12-10-17(25)11-13-18/h3-15,22,29-30H,1-2H3,(H,27,31)(H,28,32)/t22-/m1/s1. The Bertz CT molecular complexity index is 1550. The normalized spacial score (nSPS) is 12.6. The molecule has 38 heavy (non-hydrogen) atoms. The highest BCUT2D eigenvalue weighted by molar-refractivity contribution is 7.92. The Kier molecular flexibility index (Phi) is 9.09. The van der Waals surface area contributed by atoms with Crippen molar-refractivity contribution < 1.29 is 30.8 Å². The van der Waals surface area contributed by atoms with Crippen molar-refractivity contribution >= 4 is 49.1 Å². The van der Waals surface area contributed by atoms with Crippen LogP contribution in [0, 0.1) is 11.7 Å². The number of rotatable bonds is 9. The van der Waals surface area contributed by atoms with Gasteiger partial charge in [-0.05, 0) is 60.5 Å². The summed E-state index contributed by atoms with van der Waals surface area (Å²) in [7, 11) is -8.46. The molecule has 202 valence electrons. The lowest BCUT2D eigenvalue weighted by atomic mass is 10.1. The fourth-order valence-electron chi connectivity index (χ4n) is 3.19. The zero-order valence-electron chi connectivity index (χ0n) is 20.1. The average Bonchev–Trinajstić information content (AvgIpc) is 2.87. The summed E-state index contributed by atoms with van der Waals surface area (Å²) in [5.74, 6) is -3.35. The van der Waals surface area contributed by atoms with Crippen molar-refractivity contribution in [3.63, 3.8) is 0 Å². The maximum absolute atomic E-state index is 14.0. The number of benzene rings is 3. The molecule has 0 aliphatic carbocycles. The van der Waals surface area contributed by atoms with Crippen molar-refractivity contribution in [3.8, 4) is 0 Å². The van der Waals surface area contributed by atoms with E-state index in [2.05, 4.69) is 20.3 Å². The second-order valence-corrected chi connectivity index (χ2v) is 12.2. The van der Waals surface area contributed by atoms with Crippen LogP contribution in [0.1, 0.15) is 24.2 Å². The van der Waals surface area contributed by atoms with E-state index in [-0.39, 0.29) is 16.1 Å². The Hall–Kier alpha value is -3.52. The van der Waals surface area contributed by atoms with Crippen LogP contribution in [0.3, 0.4) is 0 Å². The highest BCUT2D eigenvalue weighted by atomic mass is 35.5. The molecule has 14 heteroatoms. The summed E-state index contributed by atoms with van der Waals surface area (Å²) in [5, 5.41) is 0.424. The van der Waals surface area contributed by atoms with E-state index in [1.54, 1.807) is 13.8 Å². The van der Waals surface area contributed by atoms with Crippen LogP contribution >= 0.6 is 11.6 Å². The Morgan fingerprint density at radius 3 is 2.13 bits per heavy atom. The highest BCUT2D eigenvalue weighted by Gasteiger charge is 2.30. The van der Waals surface area contributed by atoms with Gasteiger partial charge in [-0.15, -0.1) is 0 Å². The van der Waals surface area contributed by atoms with Gasteiger partial charge in [-0.3, -0.25) is 25.2 Å². The van der Waals surface area contributed by atoms with Gasteiger partial charge in [-0.25, -0.2) is 21.2 Å². The molecule has 0 heterocycles. The Morgan fingerprint density at radius 2 is 1.50 bits per heavy atom. The molecule has 0 saturated heterocycles. The molecule has 0 saturated carbocycles. The molecule has 3 aromatic rings. The number of carbonyl (C=O) groups excluding carboxylic acids is 2. The summed E-state index contributed by atoms with van der Waals surface area (Å²) in [6.07, 6.45) is 0. The van der Waals surface area contributed by atoms with Gasteiger partial charge >= 0.3 is 0 Å². The van der Waals surface area contributed by atoms with Gasteiger partial charge in [0.05, 0.1) is 4.90 Å². The molecule has 2 amide bonds. The Morgan fingerprint density at radius 1 is 0.842 bits per heavy atom. The number of hydrogen-bond donors (Lipinski definition) is 4. The van der Waals surface area contributed by atoms with Crippen molar-refractivity contribution in [2.75, 3.05) is 4.72 Å². The molecule has 3 rings (SSSR count). The third kappa shape index (κ3) is 7.28. The number of carbonyl (C=O) groups is 2. The first-order valence-corrected chi connectivity index (χ1v) is 14.4. The molecule has 0 aliphatic rings. The van der Waals surface area contributed by atoms with Crippen molar-refractivity contribution in [1.82, 2.24) is 15.6 Å². The van der Waals surface area contributed by atoms with Crippen LogP contribution in [0.4, 0.5) is 10.1 Å². The van der Waals surface area contributed by atoms with Crippen molar-refractivity contribution in [1.29, 1.82) is 0 Å². The monoisotopic (exact) mass is 582 g/mol. The maximum atomic E-state index is 14.0. The summed E-state index contributed by atoms with van der Waals surface area (Å²) in [5.41, 5.74) is 4.40. The minimum Gasteiger partial charge on any atom is -0.280 e. The van der Waals surface area contributed by atoms with E-state index in [1.165, 1.54) is 54.6 Å². The summed E-state index contributed by atoms with van der Waals surface area (Å²) in [4.78, 5) is 24.5. The van der Waals surface area contributed by atoms with Crippen molar-refractivity contribution in [3.05, 3.63) is 89.2 Å². The van der Waals surface area contributed by atoms with Crippen LogP contribution < -0.4 is 20.3 Å². The van der Waals surface area contributed by atoms with Gasteiger partial charge in [0.25, 0.3) is 21.8 Å². The van der Waals surface area contributed by atoms with Crippen LogP contribution in [0.15, 0.2) is 82.6 Å². The van der Waals surface area contributed by atoms with Crippen LogP contribution in [-0.2, 0) is 24.8 Å². The fraction of sp³-hybridized carbons (Fsp3) is 0.167. The van der Waals surface area contributed by atoms with Crippen LogP contribution in [0.2, 0.25) is 5.02 Å². The van der Waals surface area contributed by atoms with Crippen LogP contribution in [-0.4, -0.2) is 34.7 Å². The molecule has 4 N–H and O–H groups in total. The number of sulfonamides is 2. The second-order valence-electron chi connectivity index (χ2n) is 8.36. The zero-order valence-corrected chi connectivity index (χ0v) is 22.5. The minimum atomic E-state index is -4.40. The molecule has 10 nitrogen and oxygen atoms in total. The molecular weight excluding hydrogens is 559 g/mol. The number of amides is 2. The van der Waals surface area contributed by atoms with Gasteiger partial charge in [-0.2, -0.15) is 4.72 Å². The zero-order chi connectivity index (χ0) is 28.1. The number of hydrogen-bond acceptors (Lipinski definition) is 6. The van der Waals surface area contributed by atoms with E-state index < -0.39 is 54.5 Å². The minimum absolute atomic E-state index is 0.0997. The first-order valence-electron chi connectivity index (χ1n) is 11.1. The second kappa shape index (κ2) is 11.9. The first kappa shape index (κ1) is 29.0. The van der Waals surface area contributed by atoms with Gasteiger partial charge in [0.15, 0.2) is 0 Å². The molecule has 1 atom stereocenters. The van der Waals surface area contributed by atoms with E-state index in [0.29, 0.717) is 5.02 Å². The molecule has 0 spiro atoms. The van der Waals surface area contributed by atoms with E-state index in [0.717, 1.165) is 18.2 Å².